The van der Waals surface area contributed by atoms with E-state index in [1.165, 1.54) is 17.4 Å². The first-order chi connectivity index (χ1) is 16.6. The number of nitrogens with zero attached hydrogens (tertiary/aromatic N) is 1. The van der Waals surface area contributed by atoms with E-state index in [1.807, 2.05) is 47.8 Å². The summed E-state index contributed by atoms with van der Waals surface area (Å²) in [6, 6.07) is 18.5. The minimum Gasteiger partial charge on any atom is -0.488 e. The summed E-state index contributed by atoms with van der Waals surface area (Å²) in [5.41, 5.74) is 1.37. The van der Waals surface area contributed by atoms with E-state index >= 15 is 0 Å². The lowest BCUT2D eigenvalue weighted by molar-refractivity contribution is -0.946. The number of nitrogens with one attached hydrogen (secondary N) is 1. The summed E-state index contributed by atoms with van der Waals surface area (Å²) in [7, 11) is 0. The summed E-state index contributed by atoms with van der Waals surface area (Å²) in [5.74, 6) is 1.06. The van der Waals surface area contributed by atoms with Gasteiger partial charge in [0.2, 0.25) is 0 Å². The van der Waals surface area contributed by atoms with Crippen LogP contribution in [0.25, 0.3) is 11.1 Å². The number of quaternary nitrogens is 1. The Balaban J connectivity index is 1.14. The van der Waals surface area contributed by atoms with Gasteiger partial charge in [-0.3, -0.25) is 0 Å². The summed E-state index contributed by atoms with van der Waals surface area (Å²) in [4.78, 5) is 13.6. The van der Waals surface area contributed by atoms with E-state index in [1.54, 1.807) is 12.1 Å². The molecule has 34 heavy (non-hydrogen) atoms. The van der Waals surface area contributed by atoms with Crippen molar-refractivity contribution in [2.75, 3.05) is 32.8 Å². The van der Waals surface area contributed by atoms with Crippen LogP contribution in [0.4, 0.5) is 9.18 Å². The number of halogens is 1. The van der Waals surface area contributed by atoms with E-state index in [2.05, 4.69) is 5.32 Å². The number of ether oxygens (including phenoxy) is 2. The van der Waals surface area contributed by atoms with Gasteiger partial charge in [-0.25, -0.2) is 9.18 Å². The van der Waals surface area contributed by atoms with Gasteiger partial charge in [0.25, 0.3) is 0 Å². The highest BCUT2D eigenvalue weighted by Crippen LogP contribution is 2.35. The topological polar surface area (TPSA) is 47.6 Å². The molecule has 5 nitrogen and oxygen atoms in total. The highest BCUT2D eigenvalue weighted by atomic mass is 32.1. The molecular weight excluding hydrogens is 451 g/mol. The van der Waals surface area contributed by atoms with E-state index < -0.39 is 6.09 Å². The zero-order valence-electron chi connectivity index (χ0n) is 19.1. The molecule has 3 fully saturated rings. The highest BCUT2D eigenvalue weighted by Gasteiger charge is 2.47. The van der Waals surface area contributed by atoms with Crippen LogP contribution in [0, 0.1) is 11.7 Å². The molecule has 178 valence electrons. The number of hydrogen-bond donors (Lipinski definition) is 1. The second kappa shape index (κ2) is 10.2. The standard InChI is InChI=1S/C27H29FN2O3S/c28-24-9-5-4-8-22(24)23-12-17-34-26(23)18-29-27(31)33-25-19-30(13-10-20(25)11-14-30)15-16-32-21-6-2-1-3-7-21/h1-9,12,17,20,25H,10-11,13-16,18-19H2/p+1. The lowest BCUT2D eigenvalue weighted by atomic mass is 9.83. The zero-order valence-corrected chi connectivity index (χ0v) is 19.9. The molecule has 0 spiro atoms. The lowest BCUT2D eigenvalue weighted by Crippen LogP contribution is -2.65. The second-order valence-electron chi connectivity index (χ2n) is 9.23. The summed E-state index contributed by atoms with van der Waals surface area (Å²) in [5, 5.41) is 4.81. The molecule has 3 aliphatic rings. The van der Waals surface area contributed by atoms with E-state index in [-0.39, 0.29) is 11.9 Å². The number of carbonyl (C=O) groups excluding carboxylic acids is 1. The monoisotopic (exact) mass is 481 g/mol. The fraction of sp³-hybridized carbons (Fsp3) is 0.370. The fourth-order valence-corrected chi connectivity index (χ4v) is 6.10. The molecule has 6 rings (SSSR count). The van der Waals surface area contributed by atoms with Crippen LogP contribution in [0.15, 0.2) is 66.0 Å². The molecule has 1 amide bonds. The van der Waals surface area contributed by atoms with Gasteiger partial charge in [0.15, 0.2) is 6.10 Å². The van der Waals surface area contributed by atoms with Crippen LogP contribution >= 0.6 is 11.3 Å². The number of fused-ring (bicyclic) bond motifs is 3. The van der Waals surface area contributed by atoms with Crippen molar-refractivity contribution < 1.29 is 23.1 Å². The minimum absolute atomic E-state index is 0.0754. The van der Waals surface area contributed by atoms with Crippen molar-refractivity contribution >= 4 is 17.4 Å². The molecule has 3 saturated heterocycles. The summed E-state index contributed by atoms with van der Waals surface area (Å²) in [6.45, 7) is 4.98. The normalized spacial score (nSPS) is 23.4. The minimum atomic E-state index is -0.398. The van der Waals surface area contributed by atoms with Gasteiger partial charge in [0.05, 0.1) is 19.6 Å². The summed E-state index contributed by atoms with van der Waals surface area (Å²) >= 11 is 1.51. The maximum atomic E-state index is 14.2. The number of para-hydroxylation sites is 1. The first kappa shape index (κ1) is 22.9. The van der Waals surface area contributed by atoms with Crippen LogP contribution in [0.1, 0.15) is 17.7 Å². The average molecular weight is 482 g/mol. The quantitative estimate of drug-likeness (QED) is 0.434. The Labute approximate surface area is 203 Å². The molecule has 2 aromatic carbocycles. The van der Waals surface area contributed by atoms with E-state index in [4.69, 9.17) is 9.47 Å². The van der Waals surface area contributed by atoms with Gasteiger partial charge >= 0.3 is 6.09 Å². The molecule has 0 saturated carbocycles. The van der Waals surface area contributed by atoms with Crippen molar-refractivity contribution in [1.82, 2.24) is 5.32 Å². The second-order valence-corrected chi connectivity index (χ2v) is 10.2. The van der Waals surface area contributed by atoms with Crippen molar-refractivity contribution in [2.45, 2.75) is 25.5 Å². The number of rotatable bonds is 8. The Morgan fingerprint density at radius 1 is 1.03 bits per heavy atom. The van der Waals surface area contributed by atoms with E-state index in [9.17, 15) is 9.18 Å². The Kier molecular flexibility index (Phi) is 6.83. The van der Waals surface area contributed by atoms with Crippen molar-refractivity contribution in [2.24, 2.45) is 5.92 Å². The van der Waals surface area contributed by atoms with Gasteiger partial charge in [0.1, 0.15) is 31.3 Å². The largest absolute Gasteiger partial charge is 0.488 e. The maximum absolute atomic E-state index is 14.2. The zero-order chi connectivity index (χ0) is 23.4. The molecule has 1 aromatic heterocycles. The van der Waals surface area contributed by atoms with E-state index in [0.29, 0.717) is 24.6 Å². The number of thiophene rings is 1. The molecule has 2 bridgehead atoms. The third-order valence-electron chi connectivity index (χ3n) is 7.18. The van der Waals surface area contributed by atoms with Gasteiger partial charge in [-0.05, 0) is 29.6 Å². The molecule has 3 aromatic rings. The molecule has 0 aliphatic carbocycles. The van der Waals surface area contributed by atoms with Crippen molar-refractivity contribution in [3.63, 3.8) is 0 Å². The molecule has 4 heterocycles. The molecular formula is C27H30FN2O3S+. The molecule has 0 radical (unpaired) electrons. The Bertz CT molecular complexity index is 1110. The molecule has 3 aliphatic heterocycles. The molecule has 1 unspecified atom stereocenters. The molecule has 7 heteroatoms. The predicted molar refractivity (Wildman–Crippen MR) is 131 cm³/mol. The fourth-order valence-electron chi connectivity index (χ4n) is 5.27. The Hall–Kier alpha value is -2.90. The van der Waals surface area contributed by atoms with Gasteiger partial charge in [-0.2, -0.15) is 0 Å². The number of hydrogen-bond acceptors (Lipinski definition) is 4. The number of piperidine rings is 3. The highest BCUT2D eigenvalue weighted by molar-refractivity contribution is 7.10. The Morgan fingerprint density at radius 3 is 2.59 bits per heavy atom. The van der Waals surface area contributed by atoms with Gasteiger partial charge in [-0.1, -0.05) is 36.4 Å². The van der Waals surface area contributed by atoms with Gasteiger partial charge in [0, 0.05) is 34.8 Å². The van der Waals surface area contributed by atoms with Crippen LogP contribution < -0.4 is 10.1 Å². The third-order valence-corrected chi connectivity index (χ3v) is 8.10. The van der Waals surface area contributed by atoms with Crippen LogP contribution in [-0.4, -0.2) is 49.5 Å². The lowest BCUT2D eigenvalue weighted by Gasteiger charge is -2.51. The van der Waals surface area contributed by atoms with Crippen LogP contribution in [0.3, 0.4) is 0 Å². The van der Waals surface area contributed by atoms with Crippen LogP contribution in [-0.2, 0) is 11.3 Å². The average Bonchev–Trinajstić information content (AvgIpc) is 3.33. The first-order valence-electron chi connectivity index (χ1n) is 11.9. The smallest absolute Gasteiger partial charge is 0.407 e. The maximum Gasteiger partial charge on any atom is 0.407 e. The number of carbonyl (C=O) groups is 1. The Morgan fingerprint density at radius 2 is 1.79 bits per heavy atom. The number of amides is 1. The SMILES string of the molecule is O=C(NCc1sccc1-c1ccccc1F)OC1C[N+]2(CCOc3ccccc3)CCC1CC2. The third kappa shape index (κ3) is 5.10. The number of alkyl carbamates (subject to hydrolysis) is 1. The number of benzene rings is 2. The summed E-state index contributed by atoms with van der Waals surface area (Å²) < 4.78 is 27.0. The predicted octanol–water partition coefficient (Wildman–Crippen LogP) is 5.47. The van der Waals surface area contributed by atoms with Gasteiger partial charge < -0.3 is 19.3 Å². The molecule has 1 N–H and O–H groups in total. The van der Waals surface area contributed by atoms with Crippen LogP contribution in [0.2, 0.25) is 0 Å². The van der Waals surface area contributed by atoms with Crippen LogP contribution in [0.5, 0.6) is 5.75 Å². The first-order valence-corrected chi connectivity index (χ1v) is 12.8. The van der Waals surface area contributed by atoms with E-state index in [0.717, 1.165) is 59.7 Å². The van der Waals surface area contributed by atoms with Crippen molar-refractivity contribution in [3.05, 3.63) is 76.7 Å². The van der Waals surface area contributed by atoms with Crippen molar-refractivity contribution in [1.29, 1.82) is 0 Å². The van der Waals surface area contributed by atoms with Crippen molar-refractivity contribution in [3.8, 4) is 16.9 Å². The van der Waals surface area contributed by atoms with Gasteiger partial charge in [-0.15, -0.1) is 11.3 Å². The molecule has 1 atom stereocenters. The summed E-state index contributed by atoms with van der Waals surface area (Å²) in [6.07, 6.45) is 1.68.